The number of nitrogens with one attached hydrogen (secondary N) is 2. The van der Waals surface area contributed by atoms with Gasteiger partial charge in [0.1, 0.15) is 6.04 Å². The zero-order valence-electron chi connectivity index (χ0n) is 14.9. The van der Waals surface area contributed by atoms with E-state index >= 15 is 0 Å². The predicted octanol–water partition coefficient (Wildman–Crippen LogP) is 5.40. The van der Waals surface area contributed by atoms with Gasteiger partial charge in [0.2, 0.25) is 5.91 Å². The minimum atomic E-state index is -0.332. The molecule has 3 aromatic carbocycles. The molecule has 0 saturated heterocycles. The summed E-state index contributed by atoms with van der Waals surface area (Å²) in [5.74, 6) is 0.321. The Labute approximate surface area is 149 Å². The Morgan fingerprint density at radius 2 is 1.52 bits per heavy atom. The highest BCUT2D eigenvalue weighted by molar-refractivity contribution is 5.97. The minimum absolute atomic E-state index is 0.0405. The summed E-state index contributed by atoms with van der Waals surface area (Å²) in [5, 5.41) is 8.69. The number of hydrogen-bond acceptors (Lipinski definition) is 2. The molecule has 3 rings (SSSR count). The number of para-hydroxylation sites is 1. The molecule has 128 valence electrons. The first kappa shape index (κ1) is 17.0. The van der Waals surface area contributed by atoms with Crippen LogP contribution in [-0.4, -0.2) is 11.9 Å². The second-order valence-electron chi connectivity index (χ2n) is 6.66. The van der Waals surface area contributed by atoms with Gasteiger partial charge in [-0.2, -0.15) is 0 Å². The van der Waals surface area contributed by atoms with Crippen molar-refractivity contribution in [1.29, 1.82) is 0 Å². The fourth-order valence-corrected chi connectivity index (χ4v) is 2.95. The van der Waals surface area contributed by atoms with Crippen molar-refractivity contribution >= 4 is 28.1 Å². The minimum Gasteiger partial charge on any atom is -0.374 e. The third-order valence-electron chi connectivity index (χ3n) is 4.37. The predicted molar refractivity (Wildman–Crippen MR) is 106 cm³/mol. The molecule has 3 aromatic rings. The van der Waals surface area contributed by atoms with Gasteiger partial charge in [-0.1, -0.05) is 62.4 Å². The van der Waals surface area contributed by atoms with Crippen LogP contribution in [0, 0.1) is 0 Å². The Morgan fingerprint density at radius 3 is 2.28 bits per heavy atom. The van der Waals surface area contributed by atoms with E-state index in [2.05, 4.69) is 54.8 Å². The molecule has 25 heavy (non-hydrogen) atoms. The largest absolute Gasteiger partial charge is 0.374 e. The molecule has 0 fully saturated rings. The first-order valence-corrected chi connectivity index (χ1v) is 8.69. The number of anilines is 2. The van der Waals surface area contributed by atoms with Crippen LogP contribution in [0.25, 0.3) is 10.8 Å². The van der Waals surface area contributed by atoms with Gasteiger partial charge in [-0.25, -0.2) is 0 Å². The lowest BCUT2D eigenvalue weighted by Crippen LogP contribution is -2.32. The lowest BCUT2D eigenvalue weighted by Gasteiger charge is -2.18. The quantitative estimate of drug-likeness (QED) is 0.656. The number of amides is 1. The third kappa shape index (κ3) is 4.00. The molecule has 0 aliphatic rings. The Kier molecular flexibility index (Phi) is 5.03. The van der Waals surface area contributed by atoms with Crippen LogP contribution in [-0.2, 0) is 4.79 Å². The van der Waals surface area contributed by atoms with Crippen molar-refractivity contribution in [3.05, 3.63) is 72.3 Å². The van der Waals surface area contributed by atoms with E-state index in [0.29, 0.717) is 5.92 Å². The normalized spacial score (nSPS) is 12.2. The van der Waals surface area contributed by atoms with Crippen LogP contribution in [0.15, 0.2) is 66.7 Å². The summed E-state index contributed by atoms with van der Waals surface area (Å²) in [6.07, 6.45) is 0. The summed E-state index contributed by atoms with van der Waals surface area (Å²) in [7, 11) is 0. The lowest BCUT2D eigenvalue weighted by atomic mass is 10.0. The van der Waals surface area contributed by atoms with E-state index < -0.39 is 0 Å². The SMILES string of the molecule is CC(C)c1ccccc1NC(=O)[C@H](C)Nc1ccc2ccccc2c1. The molecule has 0 saturated carbocycles. The fourth-order valence-electron chi connectivity index (χ4n) is 2.95. The molecular weight excluding hydrogens is 308 g/mol. The monoisotopic (exact) mass is 332 g/mol. The smallest absolute Gasteiger partial charge is 0.246 e. The second-order valence-corrected chi connectivity index (χ2v) is 6.66. The summed E-state index contributed by atoms with van der Waals surface area (Å²) in [4.78, 5) is 12.6. The number of benzene rings is 3. The molecule has 0 bridgehead atoms. The summed E-state index contributed by atoms with van der Waals surface area (Å²) in [6, 6.07) is 22.0. The molecule has 0 aromatic heterocycles. The van der Waals surface area contributed by atoms with Crippen molar-refractivity contribution in [1.82, 2.24) is 0 Å². The first-order chi connectivity index (χ1) is 12.0. The van der Waals surface area contributed by atoms with E-state index in [1.165, 1.54) is 5.39 Å². The number of carbonyl (C=O) groups excluding carboxylic acids is 1. The molecule has 0 aliphatic heterocycles. The summed E-state index contributed by atoms with van der Waals surface area (Å²) < 4.78 is 0. The maximum absolute atomic E-state index is 12.6. The number of carbonyl (C=O) groups is 1. The van der Waals surface area contributed by atoms with Crippen LogP contribution in [0.4, 0.5) is 11.4 Å². The Balaban J connectivity index is 1.72. The van der Waals surface area contributed by atoms with Gasteiger partial charge in [-0.05, 0) is 47.4 Å². The highest BCUT2D eigenvalue weighted by Gasteiger charge is 2.15. The molecule has 0 unspecified atom stereocenters. The Hall–Kier alpha value is -2.81. The summed E-state index contributed by atoms with van der Waals surface area (Å²) in [6.45, 7) is 6.13. The topological polar surface area (TPSA) is 41.1 Å². The van der Waals surface area contributed by atoms with Crippen molar-refractivity contribution in [2.45, 2.75) is 32.7 Å². The van der Waals surface area contributed by atoms with Gasteiger partial charge in [-0.15, -0.1) is 0 Å². The van der Waals surface area contributed by atoms with Gasteiger partial charge in [0.05, 0.1) is 0 Å². The maximum atomic E-state index is 12.6. The van der Waals surface area contributed by atoms with Gasteiger partial charge in [0.15, 0.2) is 0 Å². The highest BCUT2D eigenvalue weighted by Crippen LogP contribution is 2.24. The lowest BCUT2D eigenvalue weighted by molar-refractivity contribution is -0.116. The Morgan fingerprint density at radius 1 is 0.840 bits per heavy atom. The van der Waals surface area contributed by atoms with E-state index in [9.17, 15) is 4.79 Å². The number of hydrogen-bond donors (Lipinski definition) is 2. The van der Waals surface area contributed by atoms with Crippen molar-refractivity contribution in [2.75, 3.05) is 10.6 Å². The summed E-state index contributed by atoms with van der Waals surface area (Å²) >= 11 is 0. The average molecular weight is 332 g/mol. The molecule has 3 nitrogen and oxygen atoms in total. The van der Waals surface area contributed by atoms with Gasteiger partial charge >= 0.3 is 0 Å². The van der Waals surface area contributed by atoms with Gasteiger partial charge < -0.3 is 10.6 Å². The van der Waals surface area contributed by atoms with Gasteiger partial charge in [0, 0.05) is 11.4 Å². The molecule has 0 radical (unpaired) electrons. The van der Waals surface area contributed by atoms with E-state index in [1.54, 1.807) is 0 Å². The zero-order valence-corrected chi connectivity index (χ0v) is 14.9. The van der Waals surface area contributed by atoms with E-state index in [0.717, 1.165) is 22.3 Å². The van der Waals surface area contributed by atoms with Crippen LogP contribution in [0.3, 0.4) is 0 Å². The van der Waals surface area contributed by atoms with E-state index in [4.69, 9.17) is 0 Å². The molecule has 0 aliphatic carbocycles. The zero-order chi connectivity index (χ0) is 17.8. The number of fused-ring (bicyclic) bond motifs is 1. The van der Waals surface area contributed by atoms with Crippen LogP contribution in [0.5, 0.6) is 0 Å². The van der Waals surface area contributed by atoms with Crippen molar-refractivity contribution < 1.29 is 4.79 Å². The van der Waals surface area contributed by atoms with Gasteiger partial charge in [0.25, 0.3) is 0 Å². The number of rotatable bonds is 5. The van der Waals surface area contributed by atoms with E-state index in [1.807, 2.05) is 43.3 Å². The average Bonchev–Trinajstić information content (AvgIpc) is 2.61. The van der Waals surface area contributed by atoms with Crippen LogP contribution in [0.1, 0.15) is 32.3 Å². The Bertz CT molecular complexity index is 886. The molecular formula is C22H24N2O. The first-order valence-electron chi connectivity index (χ1n) is 8.69. The van der Waals surface area contributed by atoms with Crippen molar-refractivity contribution in [3.8, 4) is 0 Å². The standard InChI is InChI=1S/C22H24N2O/c1-15(2)20-10-6-7-11-21(20)24-22(25)16(3)23-19-13-12-17-8-4-5-9-18(17)14-19/h4-16,23H,1-3H3,(H,24,25)/t16-/m0/s1. The van der Waals surface area contributed by atoms with Crippen LogP contribution in [0.2, 0.25) is 0 Å². The van der Waals surface area contributed by atoms with Crippen LogP contribution < -0.4 is 10.6 Å². The third-order valence-corrected chi connectivity index (χ3v) is 4.37. The van der Waals surface area contributed by atoms with Gasteiger partial charge in [-0.3, -0.25) is 4.79 Å². The van der Waals surface area contributed by atoms with Crippen LogP contribution >= 0.6 is 0 Å². The maximum Gasteiger partial charge on any atom is 0.246 e. The fraction of sp³-hybridized carbons (Fsp3) is 0.227. The van der Waals surface area contributed by atoms with Crippen molar-refractivity contribution in [2.24, 2.45) is 0 Å². The molecule has 2 N–H and O–H groups in total. The molecule has 1 amide bonds. The molecule has 3 heteroatoms. The summed E-state index contributed by atoms with van der Waals surface area (Å²) in [5.41, 5.74) is 2.97. The van der Waals surface area contributed by atoms with Crippen molar-refractivity contribution in [3.63, 3.8) is 0 Å². The molecule has 1 atom stereocenters. The second kappa shape index (κ2) is 7.39. The molecule has 0 spiro atoms. The highest BCUT2D eigenvalue weighted by atomic mass is 16.2. The molecule has 0 heterocycles. The van der Waals surface area contributed by atoms with E-state index in [-0.39, 0.29) is 11.9 Å².